The minimum atomic E-state index is -3.83. The van der Waals surface area contributed by atoms with Gasteiger partial charge in [-0.1, -0.05) is 167 Å². The van der Waals surface area contributed by atoms with Crippen LogP contribution in [0.3, 0.4) is 0 Å². The Morgan fingerprint density at radius 3 is 0.950 bits per heavy atom. The van der Waals surface area contributed by atoms with Crippen LogP contribution in [0.2, 0.25) is 0 Å². The first-order valence-corrected chi connectivity index (χ1v) is 18.6. The SMILES string of the molecule is CCCCCCCC/C=C\CCCCCCCCOS(=O)(=O)OCCCCCCCCCCCCCCCC.N. The van der Waals surface area contributed by atoms with Crippen LogP contribution in [-0.2, 0) is 18.8 Å². The van der Waals surface area contributed by atoms with Crippen molar-refractivity contribution in [3.8, 4) is 0 Å². The second-order valence-electron chi connectivity index (χ2n) is 11.6. The van der Waals surface area contributed by atoms with Gasteiger partial charge in [0.25, 0.3) is 0 Å². The van der Waals surface area contributed by atoms with Crippen molar-refractivity contribution < 1.29 is 16.8 Å². The molecule has 5 nitrogen and oxygen atoms in total. The molecule has 0 aromatic carbocycles. The van der Waals surface area contributed by atoms with Gasteiger partial charge in [0.05, 0.1) is 13.2 Å². The van der Waals surface area contributed by atoms with Crippen LogP contribution < -0.4 is 6.15 Å². The molecule has 0 bridgehead atoms. The van der Waals surface area contributed by atoms with Crippen LogP contribution in [0.25, 0.3) is 0 Å². The Bertz CT molecular complexity index is 595. The highest BCUT2D eigenvalue weighted by Gasteiger charge is 2.11. The van der Waals surface area contributed by atoms with Crippen molar-refractivity contribution in [1.29, 1.82) is 0 Å². The molecule has 0 unspecified atom stereocenters. The summed E-state index contributed by atoms with van der Waals surface area (Å²) in [6, 6.07) is 0. The van der Waals surface area contributed by atoms with Gasteiger partial charge in [0.15, 0.2) is 0 Å². The van der Waals surface area contributed by atoms with Gasteiger partial charge in [0, 0.05) is 0 Å². The number of hydrogen-bond donors (Lipinski definition) is 1. The Hall–Kier alpha value is -0.430. The quantitative estimate of drug-likeness (QED) is 0.0607. The highest BCUT2D eigenvalue weighted by atomic mass is 32.3. The zero-order valence-electron chi connectivity index (χ0n) is 27.1. The Labute approximate surface area is 251 Å². The number of rotatable bonds is 33. The van der Waals surface area contributed by atoms with Crippen LogP contribution in [0.4, 0.5) is 0 Å². The largest absolute Gasteiger partial charge is 0.399 e. The first-order chi connectivity index (χ1) is 19.1. The van der Waals surface area contributed by atoms with E-state index in [1.54, 1.807) is 0 Å². The molecule has 0 aliphatic carbocycles. The summed E-state index contributed by atoms with van der Waals surface area (Å²) in [4.78, 5) is 0. The summed E-state index contributed by atoms with van der Waals surface area (Å²) in [5.74, 6) is 0. The van der Waals surface area contributed by atoms with Gasteiger partial charge < -0.3 is 6.15 Å². The molecule has 6 heteroatoms. The zero-order valence-corrected chi connectivity index (χ0v) is 27.9. The molecule has 0 aliphatic heterocycles. The molecule has 0 rings (SSSR count). The van der Waals surface area contributed by atoms with Crippen molar-refractivity contribution in [3.05, 3.63) is 12.2 Å². The van der Waals surface area contributed by atoms with E-state index < -0.39 is 10.4 Å². The molecular formula is C34H71NO4S. The minimum absolute atomic E-state index is 0. The molecule has 40 heavy (non-hydrogen) atoms. The fourth-order valence-electron chi connectivity index (χ4n) is 5.00. The van der Waals surface area contributed by atoms with Crippen molar-refractivity contribution in [1.82, 2.24) is 6.15 Å². The van der Waals surface area contributed by atoms with Gasteiger partial charge in [-0.05, 0) is 38.5 Å². The lowest BCUT2D eigenvalue weighted by Crippen LogP contribution is -2.12. The second kappa shape index (κ2) is 34.8. The summed E-state index contributed by atoms with van der Waals surface area (Å²) in [7, 11) is -3.83. The van der Waals surface area contributed by atoms with E-state index in [9.17, 15) is 8.42 Å². The Balaban J connectivity index is 0. The number of unbranched alkanes of at least 4 members (excludes halogenated alkanes) is 25. The zero-order chi connectivity index (χ0) is 28.5. The van der Waals surface area contributed by atoms with Crippen molar-refractivity contribution in [2.24, 2.45) is 0 Å². The van der Waals surface area contributed by atoms with Gasteiger partial charge in [-0.25, -0.2) is 8.37 Å². The van der Waals surface area contributed by atoms with Crippen LogP contribution in [0, 0.1) is 0 Å². The molecular weight excluding hydrogens is 518 g/mol. The highest BCUT2D eigenvalue weighted by Crippen LogP contribution is 2.14. The Morgan fingerprint density at radius 2 is 0.650 bits per heavy atom. The van der Waals surface area contributed by atoms with E-state index in [1.807, 2.05) is 0 Å². The number of hydrogen-bond acceptors (Lipinski definition) is 5. The average Bonchev–Trinajstić information content (AvgIpc) is 2.92. The molecule has 3 N–H and O–H groups in total. The third-order valence-corrected chi connectivity index (χ3v) is 8.52. The average molecular weight is 590 g/mol. The predicted octanol–water partition coefficient (Wildman–Crippen LogP) is 11.9. The first kappa shape index (κ1) is 41.7. The maximum atomic E-state index is 11.9. The van der Waals surface area contributed by atoms with Gasteiger partial charge in [-0.2, -0.15) is 8.42 Å². The molecule has 0 aliphatic rings. The van der Waals surface area contributed by atoms with Crippen LogP contribution >= 0.6 is 0 Å². The lowest BCUT2D eigenvalue weighted by Gasteiger charge is -2.06. The third kappa shape index (κ3) is 35.6. The first-order valence-electron chi connectivity index (χ1n) is 17.3. The molecule has 0 saturated carbocycles. The molecule has 0 fully saturated rings. The van der Waals surface area contributed by atoms with E-state index in [-0.39, 0.29) is 19.4 Å². The normalized spacial score (nSPS) is 11.8. The third-order valence-electron chi connectivity index (χ3n) is 7.61. The van der Waals surface area contributed by atoms with Crippen LogP contribution in [0.15, 0.2) is 12.2 Å². The van der Waals surface area contributed by atoms with Crippen LogP contribution in [0.5, 0.6) is 0 Å². The summed E-state index contributed by atoms with van der Waals surface area (Å²) in [5, 5.41) is 0. The standard InChI is InChI=1S/C34H68O4S.H3N/c1-3-5-7-9-11-13-15-17-19-20-22-24-26-28-30-32-34-38-39(35,36)37-33-31-29-27-25-23-21-18-16-14-12-10-8-6-4-2;/h17,19H,3-16,18,20-34H2,1-2H3;1H3/b19-17-;. The van der Waals surface area contributed by atoms with Crippen molar-refractivity contribution >= 4 is 10.4 Å². The smallest absolute Gasteiger partial charge is 0.344 e. The highest BCUT2D eigenvalue weighted by molar-refractivity contribution is 7.81. The Kier molecular flexibility index (Phi) is 36.3. The molecule has 0 aromatic rings. The molecule has 0 radical (unpaired) electrons. The van der Waals surface area contributed by atoms with Gasteiger partial charge in [0.1, 0.15) is 0 Å². The van der Waals surface area contributed by atoms with E-state index in [4.69, 9.17) is 8.37 Å². The Morgan fingerprint density at radius 1 is 0.400 bits per heavy atom. The van der Waals surface area contributed by atoms with E-state index >= 15 is 0 Å². The maximum Gasteiger partial charge on any atom is 0.399 e. The van der Waals surface area contributed by atoms with Crippen molar-refractivity contribution in [2.75, 3.05) is 13.2 Å². The van der Waals surface area contributed by atoms with Gasteiger partial charge in [-0.15, -0.1) is 0 Å². The van der Waals surface area contributed by atoms with Gasteiger partial charge in [-0.3, -0.25) is 0 Å². The maximum absolute atomic E-state index is 11.9. The number of allylic oxidation sites excluding steroid dienone is 2. The summed E-state index contributed by atoms with van der Waals surface area (Å²) < 4.78 is 33.8. The van der Waals surface area contributed by atoms with E-state index in [2.05, 4.69) is 26.0 Å². The fraction of sp³-hybridized carbons (Fsp3) is 0.941. The van der Waals surface area contributed by atoms with Gasteiger partial charge in [0.2, 0.25) is 0 Å². The minimum Gasteiger partial charge on any atom is -0.344 e. The predicted molar refractivity (Wildman–Crippen MR) is 176 cm³/mol. The summed E-state index contributed by atoms with van der Waals surface area (Å²) >= 11 is 0. The molecule has 0 spiro atoms. The lowest BCUT2D eigenvalue weighted by atomic mass is 10.0. The summed E-state index contributed by atoms with van der Waals surface area (Å²) in [6.07, 6.45) is 40.0. The fourth-order valence-corrected chi connectivity index (χ4v) is 5.71. The van der Waals surface area contributed by atoms with Gasteiger partial charge >= 0.3 is 10.4 Å². The molecule has 0 atom stereocenters. The molecule has 0 saturated heterocycles. The molecule has 0 aromatic heterocycles. The van der Waals surface area contributed by atoms with Crippen LogP contribution in [-0.4, -0.2) is 21.6 Å². The van der Waals surface area contributed by atoms with Crippen molar-refractivity contribution in [2.45, 2.75) is 194 Å². The molecule has 242 valence electrons. The van der Waals surface area contributed by atoms with Crippen LogP contribution in [0.1, 0.15) is 194 Å². The van der Waals surface area contributed by atoms with Crippen molar-refractivity contribution in [3.63, 3.8) is 0 Å². The van der Waals surface area contributed by atoms with E-state index in [0.717, 1.165) is 38.5 Å². The van der Waals surface area contributed by atoms with E-state index in [1.165, 1.54) is 141 Å². The monoisotopic (exact) mass is 590 g/mol. The topological polar surface area (TPSA) is 87.6 Å². The second-order valence-corrected chi connectivity index (χ2v) is 12.9. The summed E-state index contributed by atoms with van der Waals surface area (Å²) in [5.41, 5.74) is 0. The summed E-state index contributed by atoms with van der Waals surface area (Å²) in [6.45, 7) is 5.02. The molecule has 0 amide bonds. The lowest BCUT2D eigenvalue weighted by molar-refractivity contribution is 0.208. The van der Waals surface area contributed by atoms with E-state index in [0.29, 0.717) is 0 Å². The molecule has 0 heterocycles.